The predicted molar refractivity (Wildman–Crippen MR) is 132 cm³/mol. The monoisotopic (exact) mass is 520 g/mol. The Hall–Kier alpha value is -3.91. The second-order valence-electron chi connectivity index (χ2n) is 7.49. The molecule has 0 atom stereocenters. The van der Waals surface area contributed by atoms with Crippen LogP contribution < -0.4 is 19.7 Å². The van der Waals surface area contributed by atoms with Gasteiger partial charge in [-0.3, -0.25) is 14.9 Å². The Labute approximate surface area is 205 Å². The Morgan fingerprint density at radius 1 is 0.912 bits per heavy atom. The summed E-state index contributed by atoms with van der Waals surface area (Å²) in [6, 6.07) is 20.8. The SMILES string of the molecule is Cc1cccc(N2C(=O)NC(=O)/C(=C\c3cc(Br)ccc3OCCOc3ccccc3)C2=O)c1. The molecule has 172 valence electrons. The summed E-state index contributed by atoms with van der Waals surface area (Å²) in [5.74, 6) is -0.281. The zero-order chi connectivity index (χ0) is 24.1. The third-order valence-electron chi connectivity index (χ3n) is 4.99. The molecule has 0 saturated carbocycles. The molecular formula is C26H21BrN2O5. The highest BCUT2D eigenvalue weighted by Gasteiger charge is 2.37. The van der Waals surface area contributed by atoms with Crippen molar-refractivity contribution in [3.63, 3.8) is 0 Å². The number of amides is 4. The van der Waals surface area contributed by atoms with Gasteiger partial charge in [-0.25, -0.2) is 9.69 Å². The van der Waals surface area contributed by atoms with Gasteiger partial charge < -0.3 is 9.47 Å². The van der Waals surface area contributed by atoms with Crippen LogP contribution in [-0.4, -0.2) is 31.1 Å². The second-order valence-corrected chi connectivity index (χ2v) is 8.40. The van der Waals surface area contributed by atoms with E-state index >= 15 is 0 Å². The zero-order valence-corrected chi connectivity index (χ0v) is 19.9. The number of ether oxygens (including phenoxy) is 2. The molecular weight excluding hydrogens is 500 g/mol. The van der Waals surface area contributed by atoms with Crippen molar-refractivity contribution < 1.29 is 23.9 Å². The highest BCUT2D eigenvalue weighted by atomic mass is 79.9. The molecule has 1 fully saturated rings. The fourth-order valence-electron chi connectivity index (χ4n) is 3.41. The fraction of sp³-hybridized carbons (Fsp3) is 0.115. The smallest absolute Gasteiger partial charge is 0.335 e. The molecule has 0 spiro atoms. The summed E-state index contributed by atoms with van der Waals surface area (Å²) in [7, 11) is 0. The maximum absolute atomic E-state index is 13.2. The third kappa shape index (κ3) is 5.35. The number of halogens is 1. The summed E-state index contributed by atoms with van der Waals surface area (Å²) in [4.78, 5) is 39.1. The standard InChI is InChI=1S/C26H21BrN2O5/c1-17-6-5-7-20(14-17)29-25(31)22(24(30)28-26(29)32)16-18-15-19(27)10-11-23(18)34-13-12-33-21-8-3-2-4-9-21/h2-11,14-16H,12-13H2,1H3,(H,28,30,32)/b22-16+. The number of hydrogen-bond acceptors (Lipinski definition) is 5. The van der Waals surface area contributed by atoms with Crippen LogP contribution in [0.4, 0.5) is 10.5 Å². The van der Waals surface area contributed by atoms with Crippen molar-refractivity contribution >= 4 is 45.5 Å². The topological polar surface area (TPSA) is 84.9 Å². The van der Waals surface area contributed by atoms with Crippen molar-refractivity contribution in [2.45, 2.75) is 6.92 Å². The minimum Gasteiger partial charge on any atom is -0.490 e. The number of aryl methyl sites for hydroxylation is 1. The Kier molecular flexibility index (Phi) is 7.08. The average Bonchev–Trinajstić information content (AvgIpc) is 2.81. The van der Waals surface area contributed by atoms with E-state index in [-0.39, 0.29) is 12.2 Å². The highest BCUT2D eigenvalue weighted by molar-refractivity contribution is 9.10. The van der Waals surface area contributed by atoms with Gasteiger partial charge in [-0.15, -0.1) is 0 Å². The van der Waals surface area contributed by atoms with Gasteiger partial charge in [0, 0.05) is 10.0 Å². The molecule has 0 unspecified atom stereocenters. The van der Waals surface area contributed by atoms with Crippen LogP contribution >= 0.6 is 15.9 Å². The lowest BCUT2D eigenvalue weighted by Crippen LogP contribution is -2.54. The maximum Gasteiger partial charge on any atom is 0.335 e. The van der Waals surface area contributed by atoms with Crippen molar-refractivity contribution in [3.8, 4) is 11.5 Å². The zero-order valence-electron chi connectivity index (χ0n) is 18.3. The van der Waals surface area contributed by atoms with Crippen molar-refractivity contribution in [1.82, 2.24) is 5.32 Å². The number of carbonyl (C=O) groups is 3. The molecule has 3 aromatic carbocycles. The van der Waals surface area contributed by atoms with Crippen LogP contribution in [0.15, 0.2) is 82.8 Å². The van der Waals surface area contributed by atoms with Crippen LogP contribution in [-0.2, 0) is 9.59 Å². The number of nitrogens with zero attached hydrogens (tertiary/aromatic N) is 1. The summed E-state index contributed by atoms with van der Waals surface area (Å²) in [5, 5.41) is 2.24. The summed E-state index contributed by atoms with van der Waals surface area (Å²) in [6.45, 7) is 2.41. The van der Waals surface area contributed by atoms with E-state index in [4.69, 9.17) is 9.47 Å². The van der Waals surface area contributed by atoms with Gasteiger partial charge in [0.05, 0.1) is 5.69 Å². The Morgan fingerprint density at radius 3 is 2.44 bits per heavy atom. The van der Waals surface area contributed by atoms with E-state index in [1.54, 1.807) is 36.4 Å². The Bertz CT molecular complexity index is 1270. The molecule has 1 heterocycles. The minimum absolute atomic E-state index is 0.176. The summed E-state index contributed by atoms with van der Waals surface area (Å²) >= 11 is 3.41. The molecule has 0 bridgehead atoms. The molecule has 8 heteroatoms. The molecule has 1 N–H and O–H groups in total. The lowest BCUT2D eigenvalue weighted by molar-refractivity contribution is -0.122. The molecule has 3 aromatic rings. The van der Waals surface area contributed by atoms with Crippen LogP contribution in [0.1, 0.15) is 11.1 Å². The number of carbonyl (C=O) groups excluding carboxylic acids is 3. The quantitative estimate of drug-likeness (QED) is 0.272. The van der Waals surface area contributed by atoms with Crippen LogP contribution in [0.5, 0.6) is 11.5 Å². The van der Waals surface area contributed by atoms with Gasteiger partial charge in [-0.2, -0.15) is 0 Å². The minimum atomic E-state index is -0.790. The van der Waals surface area contributed by atoms with Gasteiger partial charge in [0.1, 0.15) is 30.3 Å². The van der Waals surface area contributed by atoms with Crippen LogP contribution in [0.25, 0.3) is 6.08 Å². The summed E-state index contributed by atoms with van der Waals surface area (Å²) in [5.41, 5.74) is 1.58. The van der Waals surface area contributed by atoms with Gasteiger partial charge in [0.2, 0.25) is 0 Å². The van der Waals surface area contributed by atoms with Crippen molar-refractivity contribution in [1.29, 1.82) is 0 Å². The van der Waals surface area contributed by atoms with Gasteiger partial charge >= 0.3 is 6.03 Å². The van der Waals surface area contributed by atoms with Gasteiger partial charge in [0.15, 0.2) is 0 Å². The molecule has 4 amide bonds. The number of nitrogens with one attached hydrogen (secondary N) is 1. The molecule has 0 aliphatic carbocycles. The van der Waals surface area contributed by atoms with Crippen LogP contribution in [0.3, 0.4) is 0 Å². The van der Waals surface area contributed by atoms with E-state index in [0.717, 1.165) is 20.7 Å². The molecule has 0 aromatic heterocycles. The van der Waals surface area contributed by atoms with E-state index in [2.05, 4.69) is 21.2 Å². The maximum atomic E-state index is 13.2. The van der Waals surface area contributed by atoms with Gasteiger partial charge in [0.25, 0.3) is 11.8 Å². The van der Waals surface area contributed by atoms with E-state index in [1.165, 1.54) is 6.08 Å². The molecule has 1 saturated heterocycles. The Morgan fingerprint density at radius 2 is 1.68 bits per heavy atom. The fourth-order valence-corrected chi connectivity index (χ4v) is 3.78. The van der Waals surface area contributed by atoms with E-state index in [9.17, 15) is 14.4 Å². The van der Waals surface area contributed by atoms with Crippen LogP contribution in [0, 0.1) is 6.92 Å². The highest BCUT2D eigenvalue weighted by Crippen LogP contribution is 2.28. The number of urea groups is 1. The number of hydrogen-bond donors (Lipinski definition) is 1. The molecule has 7 nitrogen and oxygen atoms in total. The predicted octanol–water partition coefficient (Wildman–Crippen LogP) is 4.88. The number of benzene rings is 3. The van der Waals surface area contributed by atoms with E-state index < -0.39 is 17.8 Å². The molecule has 4 rings (SSSR count). The average molecular weight is 521 g/mol. The normalized spacial score (nSPS) is 14.8. The number of anilines is 1. The number of rotatable bonds is 7. The number of barbiturate groups is 1. The first kappa shape index (κ1) is 23.3. The molecule has 0 radical (unpaired) electrons. The third-order valence-corrected chi connectivity index (χ3v) is 5.48. The number of para-hydroxylation sites is 1. The molecule has 1 aliphatic rings. The van der Waals surface area contributed by atoms with Crippen molar-refractivity contribution in [2.24, 2.45) is 0 Å². The summed E-state index contributed by atoms with van der Waals surface area (Å²) < 4.78 is 12.2. The first-order valence-corrected chi connectivity index (χ1v) is 11.3. The van der Waals surface area contributed by atoms with E-state index in [1.807, 2.05) is 43.3 Å². The Balaban J connectivity index is 1.56. The van der Waals surface area contributed by atoms with Crippen LogP contribution in [0.2, 0.25) is 0 Å². The van der Waals surface area contributed by atoms with Gasteiger partial charge in [-0.1, -0.05) is 46.3 Å². The first-order valence-electron chi connectivity index (χ1n) is 10.5. The lowest BCUT2D eigenvalue weighted by Gasteiger charge is -2.26. The van der Waals surface area contributed by atoms with E-state index in [0.29, 0.717) is 23.6 Å². The largest absolute Gasteiger partial charge is 0.490 e. The second kappa shape index (κ2) is 10.4. The van der Waals surface area contributed by atoms with Gasteiger partial charge in [-0.05, 0) is 61.0 Å². The molecule has 34 heavy (non-hydrogen) atoms. The van der Waals surface area contributed by atoms with Crippen molar-refractivity contribution in [3.05, 3.63) is 94.0 Å². The molecule has 1 aliphatic heterocycles. The summed E-state index contributed by atoms with van der Waals surface area (Å²) in [6.07, 6.45) is 1.42. The first-order chi connectivity index (χ1) is 16.4. The number of imide groups is 2. The lowest BCUT2D eigenvalue weighted by atomic mass is 10.1. The van der Waals surface area contributed by atoms with Crippen molar-refractivity contribution in [2.75, 3.05) is 18.1 Å².